The van der Waals surface area contributed by atoms with Crippen molar-refractivity contribution in [2.75, 3.05) is 11.1 Å². The maximum Gasteiger partial charge on any atom is 0.236 e. The van der Waals surface area contributed by atoms with E-state index in [4.69, 9.17) is 0 Å². The lowest BCUT2D eigenvalue weighted by atomic mass is 9.93. The quantitative estimate of drug-likeness (QED) is 0.789. The molecule has 2 heterocycles. The number of anilines is 1. The Hall–Kier alpha value is -1.54. The normalized spacial score (nSPS) is 11.5. The van der Waals surface area contributed by atoms with E-state index in [2.05, 4.69) is 46.3 Å². The molecule has 24 heavy (non-hydrogen) atoms. The molecule has 130 valence electrons. The standard InChI is InChI=1S/C16H23N5OS2/c1-6-10-11(7-2)20-21-15(17-10)24-9-13(22)19-14-18-12(8-23-14)16(3,4)5/h8H,6-7,9H2,1-5H3,(H,18,19,22). The molecule has 0 aromatic carbocycles. The van der Waals surface area contributed by atoms with Gasteiger partial charge in [-0.1, -0.05) is 46.4 Å². The number of hydrogen-bond donors (Lipinski definition) is 1. The van der Waals surface area contributed by atoms with Gasteiger partial charge in [-0.25, -0.2) is 9.97 Å². The molecule has 2 rings (SSSR count). The average molecular weight is 366 g/mol. The summed E-state index contributed by atoms with van der Waals surface area (Å²) in [4.78, 5) is 21.0. The monoisotopic (exact) mass is 365 g/mol. The Labute approximate surface area is 150 Å². The fourth-order valence-corrected chi connectivity index (χ4v) is 3.50. The van der Waals surface area contributed by atoms with Crippen LogP contribution in [-0.2, 0) is 23.1 Å². The molecule has 2 aromatic heterocycles. The summed E-state index contributed by atoms with van der Waals surface area (Å²) in [6, 6.07) is 0. The van der Waals surface area contributed by atoms with Crippen molar-refractivity contribution in [3.8, 4) is 0 Å². The second-order valence-electron chi connectivity index (χ2n) is 6.32. The highest BCUT2D eigenvalue weighted by molar-refractivity contribution is 7.99. The van der Waals surface area contributed by atoms with Crippen LogP contribution in [-0.4, -0.2) is 31.8 Å². The molecule has 0 saturated carbocycles. The molecule has 1 N–H and O–H groups in total. The van der Waals surface area contributed by atoms with Gasteiger partial charge in [-0.15, -0.1) is 16.4 Å². The highest BCUT2D eigenvalue weighted by Crippen LogP contribution is 2.26. The maximum atomic E-state index is 12.1. The van der Waals surface area contributed by atoms with Crippen LogP contribution in [0, 0.1) is 0 Å². The van der Waals surface area contributed by atoms with Gasteiger partial charge in [-0.05, 0) is 12.8 Å². The van der Waals surface area contributed by atoms with Gasteiger partial charge >= 0.3 is 0 Å². The molecule has 8 heteroatoms. The predicted octanol–water partition coefficient (Wildman–Crippen LogP) is 3.48. The minimum atomic E-state index is -0.115. The second kappa shape index (κ2) is 8.02. The number of nitrogens with zero attached hydrogens (tertiary/aromatic N) is 4. The molecule has 2 aromatic rings. The first-order chi connectivity index (χ1) is 11.3. The van der Waals surface area contributed by atoms with Gasteiger partial charge in [-0.3, -0.25) is 4.79 Å². The fraction of sp³-hybridized carbons (Fsp3) is 0.562. The summed E-state index contributed by atoms with van der Waals surface area (Å²) in [5.74, 6) is 0.122. The average Bonchev–Trinajstić information content (AvgIpc) is 3.01. The second-order valence-corrected chi connectivity index (χ2v) is 8.12. The fourth-order valence-electron chi connectivity index (χ4n) is 1.94. The molecule has 0 aliphatic carbocycles. The third kappa shape index (κ3) is 4.98. The Bertz CT molecular complexity index is 709. The van der Waals surface area contributed by atoms with E-state index in [0.717, 1.165) is 29.9 Å². The van der Waals surface area contributed by atoms with Gasteiger partial charge in [0.1, 0.15) is 0 Å². The number of amides is 1. The smallest absolute Gasteiger partial charge is 0.236 e. The van der Waals surface area contributed by atoms with Crippen LogP contribution in [0.5, 0.6) is 0 Å². The predicted molar refractivity (Wildman–Crippen MR) is 98.8 cm³/mol. The SMILES string of the molecule is CCc1nnc(SCC(=O)Nc2nc(C(C)(C)C)cs2)nc1CC. The zero-order valence-electron chi connectivity index (χ0n) is 14.7. The van der Waals surface area contributed by atoms with Gasteiger partial charge in [0, 0.05) is 10.8 Å². The first-order valence-corrected chi connectivity index (χ1v) is 9.81. The number of thiazole rings is 1. The van der Waals surface area contributed by atoms with Crippen LogP contribution in [0.15, 0.2) is 10.5 Å². The molecule has 0 unspecified atom stereocenters. The minimum absolute atomic E-state index is 0.0225. The number of nitrogens with one attached hydrogen (secondary N) is 1. The molecule has 0 aliphatic heterocycles. The molecule has 1 amide bonds. The van der Waals surface area contributed by atoms with Crippen LogP contribution < -0.4 is 5.32 Å². The Kier molecular flexibility index (Phi) is 6.28. The zero-order valence-corrected chi connectivity index (χ0v) is 16.3. The minimum Gasteiger partial charge on any atom is -0.301 e. The maximum absolute atomic E-state index is 12.1. The molecule has 0 saturated heterocycles. The number of aromatic nitrogens is 4. The Balaban J connectivity index is 1.92. The first kappa shape index (κ1) is 18.8. The number of hydrogen-bond acceptors (Lipinski definition) is 7. The largest absolute Gasteiger partial charge is 0.301 e. The topological polar surface area (TPSA) is 80.7 Å². The molecule has 0 atom stereocenters. The summed E-state index contributed by atoms with van der Waals surface area (Å²) in [7, 11) is 0. The number of carbonyl (C=O) groups is 1. The van der Waals surface area contributed by atoms with Crippen molar-refractivity contribution in [1.82, 2.24) is 20.2 Å². The summed E-state index contributed by atoms with van der Waals surface area (Å²) >= 11 is 2.73. The van der Waals surface area contributed by atoms with Crippen molar-refractivity contribution in [2.24, 2.45) is 0 Å². The van der Waals surface area contributed by atoms with E-state index in [0.29, 0.717) is 10.3 Å². The van der Waals surface area contributed by atoms with E-state index in [1.165, 1.54) is 23.1 Å². The molecular weight excluding hydrogens is 342 g/mol. The first-order valence-electron chi connectivity index (χ1n) is 7.94. The molecule has 0 fully saturated rings. The van der Waals surface area contributed by atoms with Gasteiger partial charge in [0.25, 0.3) is 0 Å². The summed E-state index contributed by atoms with van der Waals surface area (Å²) in [5.41, 5.74) is 2.82. The summed E-state index contributed by atoms with van der Waals surface area (Å²) in [6.07, 6.45) is 1.63. The van der Waals surface area contributed by atoms with Gasteiger partial charge in [0.15, 0.2) is 5.13 Å². The van der Waals surface area contributed by atoms with E-state index in [1.807, 2.05) is 19.2 Å². The van der Waals surface area contributed by atoms with E-state index >= 15 is 0 Å². The molecular formula is C16H23N5OS2. The number of thioether (sulfide) groups is 1. The van der Waals surface area contributed by atoms with Crippen LogP contribution in [0.4, 0.5) is 5.13 Å². The van der Waals surface area contributed by atoms with E-state index in [1.54, 1.807) is 0 Å². The lowest BCUT2D eigenvalue weighted by Crippen LogP contribution is -2.16. The van der Waals surface area contributed by atoms with E-state index in [-0.39, 0.29) is 17.1 Å². The highest BCUT2D eigenvalue weighted by Gasteiger charge is 2.18. The van der Waals surface area contributed by atoms with Crippen LogP contribution in [0.3, 0.4) is 0 Å². The molecule has 0 aliphatic rings. The van der Waals surface area contributed by atoms with Crippen molar-refractivity contribution in [3.63, 3.8) is 0 Å². The van der Waals surface area contributed by atoms with Crippen LogP contribution in [0.2, 0.25) is 0 Å². The lowest BCUT2D eigenvalue weighted by molar-refractivity contribution is -0.113. The van der Waals surface area contributed by atoms with Crippen molar-refractivity contribution < 1.29 is 4.79 Å². The van der Waals surface area contributed by atoms with Crippen LogP contribution in [0.1, 0.15) is 51.7 Å². The van der Waals surface area contributed by atoms with Gasteiger partial charge in [0.2, 0.25) is 11.1 Å². The van der Waals surface area contributed by atoms with Crippen molar-refractivity contribution in [3.05, 3.63) is 22.5 Å². The Morgan fingerprint density at radius 3 is 2.46 bits per heavy atom. The van der Waals surface area contributed by atoms with Gasteiger partial charge in [-0.2, -0.15) is 5.10 Å². The number of carbonyl (C=O) groups excluding carboxylic acids is 1. The van der Waals surface area contributed by atoms with Gasteiger partial charge in [0.05, 0.1) is 22.8 Å². The van der Waals surface area contributed by atoms with Crippen LogP contribution >= 0.6 is 23.1 Å². The number of aryl methyl sites for hydroxylation is 2. The summed E-state index contributed by atoms with van der Waals surface area (Å²) in [5, 5.41) is 14.2. The lowest BCUT2D eigenvalue weighted by Gasteiger charge is -2.14. The molecule has 0 spiro atoms. The molecule has 0 radical (unpaired) electrons. The van der Waals surface area contributed by atoms with Gasteiger partial charge < -0.3 is 5.32 Å². The third-order valence-corrected chi connectivity index (χ3v) is 4.94. The summed E-state index contributed by atoms with van der Waals surface area (Å²) in [6.45, 7) is 10.4. The van der Waals surface area contributed by atoms with Crippen molar-refractivity contribution in [1.29, 1.82) is 0 Å². The highest BCUT2D eigenvalue weighted by atomic mass is 32.2. The van der Waals surface area contributed by atoms with Crippen molar-refractivity contribution in [2.45, 2.75) is 58.0 Å². The van der Waals surface area contributed by atoms with Crippen molar-refractivity contribution >= 4 is 34.1 Å². The molecule has 6 nitrogen and oxygen atoms in total. The van der Waals surface area contributed by atoms with Crippen LogP contribution in [0.25, 0.3) is 0 Å². The Morgan fingerprint density at radius 2 is 1.88 bits per heavy atom. The summed E-state index contributed by atoms with van der Waals surface area (Å²) < 4.78 is 0. The van der Waals surface area contributed by atoms with E-state index in [9.17, 15) is 4.79 Å². The third-order valence-electron chi connectivity index (χ3n) is 3.34. The Morgan fingerprint density at radius 1 is 1.17 bits per heavy atom. The number of rotatable bonds is 6. The van der Waals surface area contributed by atoms with E-state index < -0.39 is 0 Å². The molecule has 0 bridgehead atoms. The zero-order chi connectivity index (χ0) is 17.7.